The van der Waals surface area contributed by atoms with Crippen LogP contribution in [-0.4, -0.2) is 41.6 Å². The topological polar surface area (TPSA) is 65.4 Å². The van der Waals surface area contributed by atoms with Crippen molar-refractivity contribution in [2.75, 3.05) is 19.8 Å². The summed E-state index contributed by atoms with van der Waals surface area (Å²) < 4.78 is 12.8. The van der Waals surface area contributed by atoms with Crippen molar-refractivity contribution in [1.82, 2.24) is 15.1 Å². The molecule has 1 saturated heterocycles. The lowest BCUT2D eigenvalue weighted by atomic mass is 10.1. The van der Waals surface area contributed by atoms with Crippen molar-refractivity contribution in [3.8, 4) is 16.9 Å². The first-order valence-electron chi connectivity index (χ1n) is 7.74. The molecule has 0 saturated carbocycles. The molecule has 6 heteroatoms. The van der Waals surface area contributed by atoms with Gasteiger partial charge in [-0.3, -0.25) is 9.48 Å². The van der Waals surface area contributed by atoms with Crippen LogP contribution in [0, 0.1) is 6.07 Å². The summed E-state index contributed by atoms with van der Waals surface area (Å²) in [6, 6.07) is 8.67. The van der Waals surface area contributed by atoms with Gasteiger partial charge in [-0.2, -0.15) is 5.10 Å². The average molecular weight is 314 g/mol. The number of hydrogen-bond acceptors (Lipinski definition) is 4. The third kappa shape index (κ3) is 4.10. The second-order valence-corrected chi connectivity index (χ2v) is 5.50. The van der Waals surface area contributed by atoms with Crippen LogP contribution in [0.3, 0.4) is 0 Å². The van der Waals surface area contributed by atoms with E-state index in [2.05, 4.69) is 16.5 Å². The smallest absolute Gasteiger partial charge is 0.249 e. The quantitative estimate of drug-likeness (QED) is 0.822. The highest BCUT2D eigenvalue weighted by molar-refractivity contribution is 5.80. The van der Waals surface area contributed by atoms with Gasteiger partial charge >= 0.3 is 0 Å². The van der Waals surface area contributed by atoms with Crippen molar-refractivity contribution < 1.29 is 14.3 Å². The number of rotatable bonds is 6. The zero-order chi connectivity index (χ0) is 16.1. The molecule has 1 radical (unpaired) electrons. The van der Waals surface area contributed by atoms with E-state index in [4.69, 9.17) is 9.47 Å². The molecule has 1 aliphatic rings. The number of carbonyl (C=O) groups is 1. The standard InChI is InChI=1S/C17H20N3O3/c1-20-12-14(11-19-20)13-4-2-5-15(10-13)22-9-7-18-17(21)16-6-3-8-23-16/h4-5,10-12,16H,3,6-9H2,1H3,(H,18,21). The monoisotopic (exact) mass is 314 g/mol. The summed E-state index contributed by atoms with van der Waals surface area (Å²) in [6.07, 6.45) is 5.20. The third-order valence-corrected chi connectivity index (χ3v) is 3.69. The van der Waals surface area contributed by atoms with E-state index in [0.717, 1.165) is 29.7 Å². The minimum Gasteiger partial charge on any atom is -0.492 e. The first-order valence-corrected chi connectivity index (χ1v) is 7.74. The SMILES string of the molecule is Cn1cc(-c2c[c]cc(OCCNC(=O)C3CCCO3)c2)cn1. The fraction of sp³-hybridized carbons (Fsp3) is 0.412. The molecule has 1 N–H and O–H groups in total. The maximum absolute atomic E-state index is 11.8. The summed E-state index contributed by atoms with van der Waals surface area (Å²) in [4.78, 5) is 11.8. The van der Waals surface area contributed by atoms with Gasteiger partial charge in [0.05, 0.1) is 12.7 Å². The summed E-state index contributed by atoms with van der Waals surface area (Å²) in [5.41, 5.74) is 2.01. The Labute approximate surface area is 135 Å². The molecular weight excluding hydrogens is 294 g/mol. The van der Waals surface area contributed by atoms with Gasteiger partial charge in [-0.25, -0.2) is 0 Å². The largest absolute Gasteiger partial charge is 0.492 e. The molecule has 1 atom stereocenters. The van der Waals surface area contributed by atoms with Crippen molar-refractivity contribution in [2.45, 2.75) is 18.9 Å². The molecule has 2 heterocycles. The second-order valence-electron chi connectivity index (χ2n) is 5.50. The summed E-state index contributed by atoms with van der Waals surface area (Å²) in [6.45, 7) is 1.53. The highest BCUT2D eigenvalue weighted by Gasteiger charge is 2.22. The maximum atomic E-state index is 11.8. The van der Waals surface area contributed by atoms with Gasteiger partial charge in [-0.05, 0) is 42.7 Å². The zero-order valence-electron chi connectivity index (χ0n) is 13.1. The number of aryl methyl sites for hydroxylation is 1. The fourth-order valence-electron chi connectivity index (χ4n) is 2.51. The van der Waals surface area contributed by atoms with E-state index in [-0.39, 0.29) is 12.0 Å². The van der Waals surface area contributed by atoms with E-state index >= 15 is 0 Å². The Balaban J connectivity index is 1.48. The van der Waals surface area contributed by atoms with Crippen LogP contribution >= 0.6 is 0 Å². The Kier molecular flexibility index (Phi) is 4.92. The molecule has 0 bridgehead atoms. The second kappa shape index (κ2) is 7.28. The number of aromatic nitrogens is 2. The molecule has 1 aliphatic heterocycles. The van der Waals surface area contributed by atoms with Gasteiger partial charge in [0.25, 0.3) is 0 Å². The minimum absolute atomic E-state index is 0.0539. The van der Waals surface area contributed by atoms with Gasteiger partial charge in [0, 0.05) is 25.4 Å². The molecule has 1 amide bonds. The lowest BCUT2D eigenvalue weighted by molar-refractivity contribution is -0.130. The van der Waals surface area contributed by atoms with Gasteiger partial charge in [-0.15, -0.1) is 0 Å². The summed E-state index contributed by atoms with van der Waals surface area (Å²) in [7, 11) is 1.88. The van der Waals surface area contributed by atoms with Gasteiger partial charge < -0.3 is 14.8 Å². The molecule has 1 aromatic carbocycles. The minimum atomic E-state index is -0.294. The van der Waals surface area contributed by atoms with Crippen molar-refractivity contribution in [3.63, 3.8) is 0 Å². The van der Waals surface area contributed by atoms with E-state index in [0.29, 0.717) is 19.8 Å². The van der Waals surface area contributed by atoms with E-state index in [1.54, 1.807) is 16.9 Å². The Hall–Kier alpha value is -2.34. The van der Waals surface area contributed by atoms with Gasteiger partial charge in [0.1, 0.15) is 18.5 Å². The van der Waals surface area contributed by atoms with E-state index in [1.165, 1.54) is 0 Å². The Morgan fingerprint density at radius 1 is 1.52 bits per heavy atom. The predicted molar refractivity (Wildman–Crippen MR) is 85.0 cm³/mol. The number of amides is 1. The van der Waals surface area contributed by atoms with Crippen molar-refractivity contribution in [3.05, 3.63) is 36.7 Å². The number of carbonyl (C=O) groups excluding carboxylic acids is 1. The summed E-state index contributed by atoms with van der Waals surface area (Å²) in [5.74, 6) is 0.666. The zero-order valence-corrected chi connectivity index (χ0v) is 13.1. The number of nitrogens with zero attached hydrogens (tertiary/aromatic N) is 2. The normalized spacial score (nSPS) is 17.2. The Morgan fingerprint density at radius 3 is 3.17 bits per heavy atom. The first-order chi connectivity index (χ1) is 11.2. The number of nitrogens with one attached hydrogen (secondary N) is 1. The van der Waals surface area contributed by atoms with Crippen LogP contribution in [0.15, 0.2) is 30.6 Å². The van der Waals surface area contributed by atoms with Crippen LogP contribution in [0.5, 0.6) is 5.75 Å². The van der Waals surface area contributed by atoms with E-state index in [9.17, 15) is 4.79 Å². The number of benzene rings is 1. The maximum Gasteiger partial charge on any atom is 0.249 e. The van der Waals surface area contributed by atoms with Crippen LogP contribution in [-0.2, 0) is 16.6 Å². The predicted octanol–water partition coefficient (Wildman–Crippen LogP) is 1.56. The molecule has 1 fully saturated rings. The fourth-order valence-corrected chi connectivity index (χ4v) is 2.51. The van der Waals surface area contributed by atoms with Crippen LogP contribution in [0.25, 0.3) is 11.1 Å². The highest BCUT2D eigenvalue weighted by atomic mass is 16.5. The van der Waals surface area contributed by atoms with Crippen LogP contribution in [0.4, 0.5) is 0 Å². The molecule has 3 rings (SSSR count). The molecule has 0 aliphatic carbocycles. The Bertz CT molecular complexity index is 663. The lowest BCUT2D eigenvalue weighted by Gasteiger charge is -2.11. The molecular formula is C17H20N3O3. The van der Waals surface area contributed by atoms with Gasteiger partial charge in [0.2, 0.25) is 5.91 Å². The van der Waals surface area contributed by atoms with Crippen LogP contribution < -0.4 is 10.1 Å². The van der Waals surface area contributed by atoms with Crippen molar-refractivity contribution in [1.29, 1.82) is 0 Å². The van der Waals surface area contributed by atoms with Crippen LogP contribution in [0.1, 0.15) is 12.8 Å². The van der Waals surface area contributed by atoms with E-state index < -0.39 is 0 Å². The summed E-state index contributed by atoms with van der Waals surface area (Å²) >= 11 is 0. The first kappa shape index (κ1) is 15.6. The highest BCUT2D eigenvalue weighted by Crippen LogP contribution is 2.22. The number of ether oxygens (including phenoxy) is 2. The molecule has 23 heavy (non-hydrogen) atoms. The van der Waals surface area contributed by atoms with Crippen molar-refractivity contribution in [2.24, 2.45) is 7.05 Å². The molecule has 0 spiro atoms. The van der Waals surface area contributed by atoms with Crippen LogP contribution in [0.2, 0.25) is 0 Å². The Morgan fingerprint density at radius 2 is 2.43 bits per heavy atom. The van der Waals surface area contributed by atoms with E-state index in [1.807, 2.05) is 25.4 Å². The molecule has 6 nitrogen and oxygen atoms in total. The summed E-state index contributed by atoms with van der Waals surface area (Å²) in [5, 5.41) is 6.99. The number of hydrogen-bond donors (Lipinski definition) is 1. The lowest BCUT2D eigenvalue weighted by Crippen LogP contribution is -2.36. The van der Waals surface area contributed by atoms with Crippen molar-refractivity contribution >= 4 is 5.91 Å². The molecule has 1 aromatic heterocycles. The molecule has 121 valence electrons. The third-order valence-electron chi connectivity index (χ3n) is 3.69. The average Bonchev–Trinajstić information content (AvgIpc) is 3.23. The van der Waals surface area contributed by atoms with Gasteiger partial charge in [0.15, 0.2) is 0 Å². The van der Waals surface area contributed by atoms with Gasteiger partial charge in [-0.1, -0.05) is 0 Å². The molecule has 2 aromatic rings. The molecule has 1 unspecified atom stereocenters.